The molecule has 1 amide bonds. The predicted octanol–water partition coefficient (Wildman–Crippen LogP) is 3.87. The van der Waals surface area contributed by atoms with Gasteiger partial charge in [0, 0.05) is 24.0 Å². The van der Waals surface area contributed by atoms with Crippen LogP contribution in [0.2, 0.25) is 0 Å². The molecule has 0 radical (unpaired) electrons. The highest BCUT2D eigenvalue weighted by molar-refractivity contribution is 7.93. The van der Waals surface area contributed by atoms with Gasteiger partial charge in [0.2, 0.25) is 5.91 Å². The van der Waals surface area contributed by atoms with Crippen molar-refractivity contribution in [1.29, 1.82) is 0 Å². The van der Waals surface area contributed by atoms with E-state index in [-0.39, 0.29) is 10.8 Å². The molecule has 2 aliphatic heterocycles. The molecule has 0 saturated carbocycles. The van der Waals surface area contributed by atoms with Gasteiger partial charge in [-0.05, 0) is 54.0 Å². The maximum absolute atomic E-state index is 13.1. The first-order chi connectivity index (χ1) is 13.5. The third-order valence-electron chi connectivity index (χ3n) is 5.57. The van der Waals surface area contributed by atoms with Crippen molar-refractivity contribution >= 4 is 38.1 Å². The fourth-order valence-electron chi connectivity index (χ4n) is 4.35. The second kappa shape index (κ2) is 6.34. The normalized spacial score (nSPS) is 16.1. The Morgan fingerprint density at radius 3 is 2.50 bits per heavy atom. The molecule has 0 spiro atoms. The van der Waals surface area contributed by atoms with Crippen LogP contribution < -0.4 is 9.62 Å². The first kappa shape index (κ1) is 17.3. The number of hydrogen-bond acceptors (Lipinski definition) is 3. The lowest BCUT2D eigenvalue weighted by atomic mass is 9.91. The van der Waals surface area contributed by atoms with Crippen molar-refractivity contribution in [2.75, 3.05) is 16.2 Å². The third-order valence-corrected chi connectivity index (χ3v) is 7.01. The number of amides is 1. The van der Waals surface area contributed by atoms with E-state index in [9.17, 15) is 13.2 Å². The van der Waals surface area contributed by atoms with Crippen LogP contribution in [0, 0.1) is 0 Å². The lowest BCUT2D eigenvalue weighted by Crippen LogP contribution is -2.39. The lowest BCUT2D eigenvalue weighted by Gasteiger charge is -2.35. The SMILES string of the molecule is O=C1CCc2cc(NS(=O)(=O)c3cccc4ccccc34)cc3c2N1CCC3. The van der Waals surface area contributed by atoms with Crippen LogP contribution in [0.1, 0.15) is 24.0 Å². The number of fused-ring (bicyclic) bond motifs is 1. The summed E-state index contributed by atoms with van der Waals surface area (Å²) in [6.45, 7) is 0.750. The molecule has 6 heteroatoms. The Morgan fingerprint density at radius 2 is 1.64 bits per heavy atom. The minimum atomic E-state index is -3.73. The molecule has 0 aromatic heterocycles. The van der Waals surface area contributed by atoms with Crippen LogP contribution in [-0.4, -0.2) is 20.9 Å². The van der Waals surface area contributed by atoms with Crippen LogP contribution in [0.5, 0.6) is 0 Å². The summed E-state index contributed by atoms with van der Waals surface area (Å²) >= 11 is 0. The van der Waals surface area contributed by atoms with Crippen molar-refractivity contribution in [3.8, 4) is 0 Å². The van der Waals surface area contributed by atoms with Gasteiger partial charge >= 0.3 is 0 Å². The number of sulfonamides is 1. The monoisotopic (exact) mass is 392 g/mol. The quantitative estimate of drug-likeness (QED) is 0.736. The Hall–Kier alpha value is -2.86. The van der Waals surface area contributed by atoms with Crippen LogP contribution in [0.4, 0.5) is 11.4 Å². The van der Waals surface area contributed by atoms with E-state index in [0.717, 1.165) is 41.6 Å². The standard InChI is InChI=1S/C22H20N2O3S/c25-21-11-10-17-14-18(13-16-7-4-12-24(21)22(16)17)23-28(26,27)20-9-3-6-15-5-1-2-8-19(15)20/h1-3,5-6,8-9,13-14,23H,4,7,10-12H2. The van der Waals surface area contributed by atoms with Crippen molar-refractivity contribution in [3.63, 3.8) is 0 Å². The van der Waals surface area contributed by atoms with Crippen molar-refractivity contribution in [1.82, 2.24) is 0 Å². The largest absolute Gasteiger partial charge is 0.312 e. The number of carbonyl (C=O) groups is 1. The van der Waals surface area contributed by atoms with Crippen molar-refractivity contribution < 1.29 is 13.2 Å². The molecule has 2 aliphatic rings. The van der Waals surface area contributed by atoms with Crippen molar-refractivity contribution in [3.05, 3.63) is 65.7 Å². The fourth-order valence-corrected chi connectivity index (χ4v) is 5.62. The van der Waals surface area contributed by atoms with Gasteiger partial charge in [0.25, 0.3) is 10.0 Å². The third kappa shape index (κ3) is 2.76. The van der Waals surface area contributed by atoms with Gasteiger partial charge in [0.05, 0.1) is 10.6 Å². The van der Waals surface area contributed by atoms with Crippen LogP contribution >= 0.6 is 0 Å². The fraction of sp³-hybridized carbons (Fsp3) is 0.227. The molecule has 2 heterocycles. The summed E-state index contributed by atoms with van der Waals surface area (Å²) in [7, 11) is -3.73. The molecule has 0 fully saturated rings. The zero-order chi connectivity index (χ0) is 19.3. The van der Waals surface area contributed by atoms with Crippen LogP contribution in [0.3, 0.4) is 0 Å². The molecule has 0 saturated heterocycles. The van der Waals surface area contributed by atoms with Gasteiger partial charge < -0.3 is 4.90 Å². The van der Waals surface area contributed by atoms with Gasteiger partial charge in [-0.3, -0.25) is 9.52 Å². The number of carbonyl (C=O) groups excluding carboxylic acids is 1. The first-order valence-electron chi connectivity index (χ1n) is 9.50. The summed E-state index contributed by atoms with van der Waals surface area (Å²) in [5.74, 6) is 0.164. The summed E-state index contributed by atoms with van der Waals surface area (Å²) in [5.41, 5.74) is 3.66. The Labute approximate surface area is 164 Å². The lowest BCUT2D eigenvalue weighted by molar-refractivity contribution is -0.119. The maximum Gasteiger partial charge on any atom is 0.262 e. The Bertz CT molecular complexity index is 1200. The number of rotatable bonds is 3. The molecule has 0 bridgehead atoms. The predicted molar refractivity (Wildman–Crippen MR) is 110 cm³/mol. The van der Waals surface area contributed by atoms with E-state index in [0.29, 0.717) is 23.9 Å². The molecule has 0 atom stereocenters. The molecule has 142 valence electrons. The van der Waals surface area contributed by atoms with E-state index < -0.39 is 10.0 Å². The maximum atomic E-state index is 13.1. The zero-order valence-electron chi connectivity index (χ0n) is 15.3. The van der Waals surface area contributed by atoms with Crippen molar-refractivity contribution in [2.45, 2.75) is 30.6 Å². The number of anilines is 2. The first-order valence-corrected chi connectivity index (χ1v) is 11.0. The van der Waals surface area contributed by atoms with E-state index in [1.807, 2.05) is 47.4 Å². The van der Waals surface area contributed by atoms with Crippen LogP contribution in [-0.2, 0) is 27.7 Å². The number of aryl methyl sites for hydroxylation is 2. The number of benzene rings is 3. The molecular weight excluding hydrogens is 372 g/mol. The average Bonchev–Trinajstić information content (AvgIpc) is 2.70. The minimum Gasteiger partial charge on any atom is -0.312 e. The summed E-state index contributed by atoms with van der Waals surface area (Å²) < 4.78 is 29.0. The Balaban J connectivity index is 1.57. The van der Waals surface area contributed by atoms with Crippen LogP contribution in [0.25, 0.3) is 10.8 Å². The molecule has 5 rings (SSSR count). The molecule has 0 aliphatic carbocycles. The summed E-state index contributed by atoms with van der Waals surface area (Å²) in [6, 6.07) is 16.5. The van der Waals surface area contributed by atoms with Crippen LogP contribution in [0.15, 0.2) is 59.5 Å². The molecule has 0 unspecified atom stereocenters. The van der Waals surface area contributed by atoms with E-state index in [4.69, 9.17) is 0 Å². The Morgan fingerprint density at radius 1 is 0.893 bits per heavy atom. The van der Waals surface area contributed by atoms with Gasteiger partial charge in [-0.15, -0.1) is 0 Å². The minimum absolute atomic E-state index is 0.164. The average molecular weight is 392 g/mol. The van der Waals surface area contributed by atoms with E-state index >= 15 is 0 Å². The van der Waals surface area contributed by atoms with E-state index in [1.165, 1.54) is 0 Å². The van der Waals surface area contributed by atoms with Crippen molar-refractivity contribution in [2.24, 2.45) is 0 Å². The highest BCUT2D eigenvalue weighted by Gasteiger charge is 2.30. The zero-order valence-corrected chi connectivity index (χ0v) is 16.1. The molecule has 3 aromatic rings. The molecule has 1 N–H and O–H groups in total. The highest BCUT2D eigenvalue weighted by Crippen LogP contribution is 2.38. The van der Waals surface area contributed by atoms with Gasteiger partial charge in [-0.1, -0.05) is 36.4 Å². The number of hydrogen-bond donors (Lipinski definition) is 1. The van der Waals surface area contributed by atoms with E-state index in [1.54, 1.807) is 12.1 Å². The Kier molecular flexibility index (Phi) is 3.91. The topological polar surface area (TPSA) is 66.5 Å². The van der Waals surface area contributed by atoms with Gasteiger partial charge in [-0.2, -0.15) is 0 Å². The second-order valence-electron chi connectivity index (χ2n) is 7.37. The molecule has 28 heavy (non-hydrogen) atoms. The highest BCUT2D eigenvalue weighted by atomic mass is 32.2. The van der Waals surface area contributed by atoms with Gasteiger partial charge in [-0.25, -0.2) is 8.42 Å². The molecular formula is C22H20N2O3S. The summed E-state index contributed by atoms with van der Waals surface area (Å²) in [5, 5.41) is 1.59. The summed E-state index contributed by atoms with van der Waals surface area (Å²) in [6.07, 6.45) is 2.89. The molecule has 3 aromatic carbocycles. The summed E-state index contributed by atoms with van der Waals surface area (Å²) in [4.78, 5) is 14.3. The number of nitrogens with one attached hydrogen (secondary N) is 1. The molecule has 5 nitrogen and oxygen atoms in total. The van der Waals surface area contributed by atoms with Gasteiger partial charge in [0.1, 0.15) is 0 Å². The van der Waals surface area contributed by atoms with E-state index in [2.05, 4.69) is 4.72 Å². The smallest absolute Gasteiger partial charge is 0.262 e. The second-order valence-corrected chi connectivity index (χ2v) is 9.03. The van der Waals surface area contributed by atoms with Gasteiger partial charge in [0.15, 0.2) is 0 Å². The number of nitrogens with zero attached hydrogens (tertiary/aromatic N) is 1.